The van der Waals surface area contributed by atoms with Crippen LogP contribution in [0.3, 0.4) is 0 Å². The minimum absolute atomic E-state index is 0.0119. The number of carbonyl (C=O) groups excluding carboxylic acids is 1. The molecule has 1 aromatic carbocycles. The number of benzene rings is 1. The minimum atomic E-state index is -0.0119. The van der Waals surface area contributed by atoms with Gasteiger partial charge >= 0.3 is 0 Å². The van der Waals surface area contributed by atoms with Gasteiger partial charge in [-0.3, -0.25) is 9.36 Å². The summed E-state index contributed by atoms with van der Waals surface area (Å²) in [6.07, 6.45) is 2.69. The van der Waals surface area contributed by atoms with Crippen molar-refractivity contribution in [2.75, 3.05) is 18.9 Å². The highest BCUT2D eigenvalue weighted by Crippen LogP contribution is 2.18. The first kappa shape index (κ1) is 17.5. The number of thioether (sulfide) groups is 1. The Labute approximate surface area is 140 Å². The van der Waals surface area contributed by atoms with E-state index < -0.39 is 0 Å². The number of nitrogens with zero attached hydrogens (tertiary/aromatic N) is 3. The normalized spacial score (nSPS) is 10.9. The molecule has 0 aliphatic heterocycles. The van der Waals surface area contributed by atoms with Gasteiger partial charge in [0, 0.05) is 18.8 Å². The summed E-state index contributed by atoms with van der Waals surface area (Å²) >= 11 is 1.37. The highest BCUT2D eigenvalue weighted by Gasteiger charge is 2.09. The Kier molecular flexibility index (Phi) is 7.09. The number of nitrogens with one attached hydrogen (secondary N) is 1. The molecule has 1 amide bonds. The van der Waals surface area contributed by atoms with Crippen molar-refractivity contribution in [1.82, 2.24) is 20.1 Å². The molecule has 0 unspecified atom stereocenters. The average molecular weight is 334 g/mol. The van der Waals surface area contributed by atoms with Crippen LogP contribution >= 0.6 is 11.8 Å². The standard InChI is InChI=1S/C16H22N4O2S/c1-13(2)22-10-6-9-17-15(21)11-23-16-19-18-12-20(16)14-7-4-3-5-8-14/h3-5,7-8,12-13H,6,9-11H2,1-2H3,(H,17,21). The molecule has 1 N–H and O–H groups in total. The lowest BCUT2D eigenvalue weighted by Gasteiger charge is -2.08. The Morgan fingerprint density at radius 3 is 2.87 bits per heavy atom. The highest BCUT2D eigenvalue weighted by molar-refractivity contribution is 7.99. The Hall–Kier alpha value is -1.86. The molecule has 2 rings (SSSR count). The van der Waals surface area contributed by atoms with Gasteiger partial charge in [0.1, 0.15) is 6.33 Å². The lowest BCUT2D eigenvalue weighted by molar-refractivity contribution is -0.118. The molecule has 124 valence electrons. The Bertz CT molecular complexity index is 601. The molecule has 1 heterocycles. The average Bonchev–Trinajstić information content (AvgIpc) is 3.01. The maximum atomic E-state index is 11.9. The summed E-state index contributed by atoms with van der Waals surface area (Å²) in [6.45, 7) is 5.28. The predicted molar refractivity (Wildman–Crippen MR) is 90.8 cm³/mol. The molecule has 23 heavy (non-hydrogen) atoms. The summed E-state index contributed by atoms with van der Waals surface area (Å²) in [6, 6.07) is 9.81. The zero-order valence-electron chi connectivity index (χ0n) is 13.4. The van der Waals surface area contributed by atoms with E-state index in [0.29, 0.717) is 24.1 Å². The van der Waals surface area contributed by atoms with Crippen LogP contribution in [0.5, 0.6) is 0 Å². The summed E-state index contributed by atoms with van der Waals surface area (Å²) in [4.78, 5) is 11.9. The second-order valence-corrected chi connectivity index (χ2v) is 6.17. The van der Waals surface area contributed by atoms with Crippen LogP contribution in [0.1, 0.15) is 20.3 Å². The monoisotopic (exact) mass is 334 g/mol. The van der Waals surface area contributed by atoms with Crippen LogP contribution < -0.4 is 5.32 Å². The van der Waals surface area contributed by atoms with Crippen LogP contribution in [0.4, 0.5) is 0 Å². The fraction of sp³-hybridized carbons (Fsp3) is 0.438. The van der Waals surface area contributed by atoms with Crippen molar-refractivity contribution in [2.24, 2.45) is 0 Å². The number of para-hydroxylation sites is 1. The number of amides is 1. The van der Waals surface area contributed by atoms with E-state index in [-0.39, 0.29) is 12.0 Å². The molecule has 6 nitrogen and oxygen atoms in total. The van der Waals surface area contributed by atoms with Gasteiger partial charge in [0.05, 0.1) is 11.9 Å². The summed E-state index contributed by atoms with van der Waals surface area (Å²) in [7, 11) is 0. The minimum Gasteiger partial charge on any atom is -0.379 e. The molecule has 0 saturated heterocycles. The molecule has 0 bridgehead atoms. The van der Waals surface area contributed by atoms with Crippen LogP contribution in [0.25, 0.3) is 5.69 Å². The van der Waals surface area contributed by atoms with E-state index >= 15 is 0 Å². The van der Waals surface area contributed by atoms with E-state index in [1.165, 1.54) is 11.8 Å². The van der Waals surface area contributed by atoms with Gasteiger partial charge in [-0.25, -0.2) is 0 Å². The fourth-order valence-corrected chi connectivity index (χ4v) is 2.65. The van der Waals surface area contributed by atoms with Crippen LogP contribution in [-0.4, -0.2) is 45.7 Å². The van der Waals surface area contributed by atoms with E-state index in [1.54, 1.807) is 6.33 Å². The van der Waals surface area contributed by atoms with Crippen molar-refractivity contribution in [3.05, 3.63) is 36.7 Å². The molecule has 0 spiro atoms. The summed E-state index contributed by atoms with van der Waals surface area (Å²) in [5, 5.41) is 11.6. The fourth-order valence-electron chi connectivity index (χ4n) is 1.89. The van der Waals surface area contributed by atoms with E-state index in [1.807, 2.05) is 48.7 Å². The zero-order valence-corrected chi connectivity index (χ0v) is 14.3. The molecule has 0 saturated carbocycles. The molecule has 0 atom stereocenters. The van der Waals surface area contributed by atoms with Gasteiger partial charge in [0.2, 0.25) is 5.91 Å². The molecule has 2 aromatic rings. The van der Waals surface area contributed by atoms with Crippen molar-refractivity contribution < 1.29 is 9.53 Å². The molecular formula is C16H22N4O2S. The van der Waals surface area contributed by atoms with Gasteiger partial charge in [-0.1, -0.05) is 30.0 Å². The summed E-state index contributed by atoms with van der Waals surface area (Å²) in [5.41, 5.74) is 0.978. The van der Waals surface area contributed by atoms with Crippen LogP contribution in [0.2, 0.25) is 0 Å². The van der Waals surface area contributed by atoms with E-state index in [9.17, 15) is 4.79 Å². The Morgan fingerprint density at radius 2 is 2.13 bits per heavy atom. The quantitative estimate of drug-likeness (QED) is 0.563. The number of rotatable bonds is 9. The molecule has 0 aliphatic carbocycles. The van der Waals surface area contributed by atoms with E-state index in [2.05, 4.69) is 15.5 Å². The van der Waals surface area contributed by atoms with Crippen molar-refractivity contribution in [3.8, 4) is 5.69 Å². The van der Waals surface area contributed by atoms with Crippen LogP contribution in [-0.2, 0) is 9.53 Å². The molecule has 1 aromatic heterocycles. The maximum Gasteiger partial charge on any atom is 0.230 e. The lowest BCUT2D eigenvalue weighted by Crippen LogP contribution is -2.27. The largest absolute Gasteiger partial charge is 0.379 e. The van der Waals surface area contributed by atoms with Gasteiger partial charge in [-0.05, 0) is 32.4 Å². The second-order valence-electron chi connectivity index (χ2n) is 5.23. The van der Waals surface area contributed by atoms with Gasteiger partial charge in [0.15, 0.2) is 5.16 Å². The van der Waals surface area contributed by atoms with E-state index in [0.717, 1.165) is 12.1 Å². The summed E-state index contributed by atoms with van der Waals surface area (Å²) in [5.74, 6) is 0.304. The van der Waals surface area contributed by atoms with E-state index in [4.69, 9.17) is 4.74 Å². The number of hydrogen-bond donors (Lipinski definition) is 1. The topological polar surface area (TPSA) is 69.0 Å². The van der Waals surface area contributed by atoms with Crippen molar-refractivity contribution in [3.63, 3.8) is 0 Å². The molecule has 0 aliphatic rings. The molecule has 0 radical (unpaired) electrons. The predicted octanol–water partition coefficient (Wildman–Crippen LogP) is 2.29. The third-order valence-electron chi connectivity index (χ3n) is 2.98. The Balaban J connectivity index is 1.74. The van der Waals surface area contributed by atoms with Gasteiger partial charge < -0.3 is 10.1 Å². The third-order valence-corrected chi connectivity index (χ3v) is 3.92. The smallest absolute Gasteiger partial charge is 0.230 e. The number of hydrogen-bond acceptors (Lipinski definition) is 5. The molecular weight excluding hydrogens is 312 g/mol. The van der Waals surface area contributed by atoms with Crippen molar-refractivity contribution in [1.29, 1.82) is 0 Å². The van der Waals surface area contributed by atoms with Gasteiger partial charge in [0.25, 0.3) is 0 Å². The van der Waals surface area contributed by atoms with Crippen molar-refractivity contribution in [2.45, 2.75) is 31.5 Å². The van der Waals surface area contributed by atoms with Gasteiger partial charge in [-0.2, -0.15) is 0 Å². The Morgan fingerprint density at radius 1 is 1.35 bits per heavy atom. The first-order chi connectivity index (χ1) is 11.2. The van der Waals surface area contributed by atoms with Crippen molar-refractivity contribution >= 4 is 17.7 Å². The number of ether oxygens (including phenoxy) is 1. The number of carbonyl (C=O) groups is 1. The van der Waals surface area contributed by atoms with Crippen LogP contribution in [0.15, 0.2) is 41.8 Å². The zero-order chi connectivity index (χ0) is 16.5. The van der Waals surface area contributed by atoms with Crippen LogP contribution in [0, 0.1) is 0 Å². The molecule has 0 fully saturated rings. The lowest BCUT2D eigenvalue weighted by atomic mass is 10.3. The third kappa shape index (κ3) is 6.03. The first-order valence-electron chi connectivity index (χ1n) is 7.63. The second kappa shape index (κ2) is 9.32. The molecule has 7 heteroatoms. The first-order valence-corrected chi connectivity index (χ1v) is 8.62. The SMILES string of the molecule is CC(C)OCCCNC(=O)CSc1nncn1-c1ccccc1. The van der Waals surface area contributed by atoms with Gasteiger partial charge in [-0.15, -0.1) is 10.2 Å². The maximum absolute atomic E-state index is 11.9. The highest BCUT2D eigenvalue weighted by atomic mass is 32.2. The summed E-state index contributed by atoms with van der Waals surface area (Å²) < 4.78 is 7.30. The number of aromatic nitrogens is 3.